The third-order valence-electron chi connectivity index (χ3n) is 2.61. The fourth-order valence-corrected chi connectivity index (χ4v) is 2.23. The fraction of sp³-hybridized carbons (Fsp3) is 0.625. The maximum Gasteiger partial charge on any atom is 0.316 e. The molecule has 1 aliphatic rings. The van der Waals surface area contributed by atoms with Gasteiger partial charge in [-0.25, -0.2) is 0 Å². The van der Waals surface area contributed by atoms with Crippen LogP contribution in [0.5, 0.6) is 0 Å². The quantitative estimate of drug-likeness (QED) is 0.783. The Morgan fingerprint density at radius 2 is 2.29 bits per heavy atom. The summed E-state index contributed by atoms with van der Waals surface area (Å²) in [4.78, 5) is 11.3. The molecule has 0 saturated carbocycles. The molecule has 0 unspecified atom stereocenters. The Morgan fingerprint density at radius 3 is 2.79 bits per heavy atom. The van der Waals surface area contributed by atoms with Crippen LogP contribution in [0, 0.1) is 0 Å². The number of carboxylic acids is 1. The summed E-state index contributed by atoms with van der Waals surface area (Å²) in [5.41, 5.74) is -0.302. The second kappa shape index (κ2) is 3.62. The number of hydrogen-bond acceptors (Lipinski definition) is 5. The van der Waals surface area contributed by atoms with Gasteiger partial charge in [-0.2, -0.15) is 0 Å². The normalized spacial score (nSPS) is 20.6. The summed E-state index contributed by atoms with van der Waals surface area (Å²) in [7, 11) is 0. The molecular weight excluding hydrogens is 204 g/mol. The smallest absolute Gasteiger partial charge is 0.316 e. The number of carboxylic acid groups (broad SMARTS) is 1. The van der Waals surface area contributed by atoms with E-state index in [4.69, 9.17) is 4.74 Å². The highest BCUT2D eigenvalue weighted by Crippen LogP contribution is 2.34. The van der Waals surface area contributed by atoms with Crippen LogP contribution in [0.4, 0.5) is 0 Å². The molecule has 1 saturated heterocycles. The van der Waals surface area contributed by atoms with Crippen LogP contribution in [-0.2, 0) is 14.9 Å². The number of nitrogens with zero attached hydrogens (tertiary/aromatic N) is 2. The van der Waals surface area contributed by atoms with Crippen LogP contribution in [0.1, 0.15) is 18.5 Å². The predicted octanol–water partition coefficient (Wildman–Crippen LogP) is 0.671. The molecule has 1 N–H and O–H groups in total. The van der Waals surface area contributed by atoms with Crippen LogP contribution in [-0.4, -0.2) is 33.9 Å². The Balaban J connectivity index is 2.35. The second-order valence-electron chi connectivity index (χ2n) is 3.29. The highest BCUT2D eigenvalue weighted by atomic mass is 32.1. The van der Waals surface area contributed by atoms with Gasteiger partial charge < -0.3 is 9.84 Å². The molecule has 76 valence electrons. The minimum atomic E-state index is -0.870. The molecule has 0 aromatic carbocycles. The first-order valence-electron chi connectivity index (χ1n) is 4.34. The lowest BCUT2D eigenvalue weighted by Crippen LogP contribution is -2.41. The van der Waals surface area contributed by atoms with Gasteiger partial charge in [-0.3, -0.25) is 4.79 Å². The Morgan fingerprint density at radius 1 is 1.57 bits per heavy atom. The van der Waals surface area contributed by atoms with E-state index in [1.54, 1.807) is 5.38 Å². The van der Waals surface area contributed by atoms with E-state index in [0.29, 0.717) is 31.7 Å². The Labute approximate surface area is 84.9 Å². The molecule has 0 atom stereocenters. The maximum absolute atomic E-state index is 11.3. The number of hydrogen-bond donors (Lipinski definition) is 1. The van der Waals surface area contributed by atoms with Gasteiger partial charge in [0.2, 0.25) is 0 Å². The zero-order valence-electron chi connectivity index (χ0n) is 7.47. The summed E-state index contributed by atoms with van der Waals surface area (Å²) >= 11 is 1.18. The summed E-state index contributed by atoms with van der Waals surface area (Å²) in [6, 6.07) is 0. The third kappa shape index (κ3) is 1.40. The lowest BCUT2D eigenvalue weighted by Gasteiger charge is -2.30. The van der Waals surface area contributed by atoms with Gasteiger partial charge in [0, 0.05) is 18.6 Å². The summed E-state index contributed by atoms with van der Waals surface area (Å²) in [6.07, 6.45) is 0.960. The van der Waals surface area contributed by atoms with Gasteiger partial charge in [-0.15, -0.1) is 5.10 Å². The molecule has 0 spiro atoms. The molecule has 1 fully saturated rings. The second-order valence-corrected chi connectivity index (χ2v) is 3.90. The van der Waals surface area contributed by atoms with E-state index >= 15 is 0 Å². The van der Waals surface area contributed by atoms with Gasteiger partial charge >= 0.3 is 5.97 Å². The van der Waals surface area contributed by atoms with Crippen molar-refractivity contribution >= 4 is 17.5 Å². The maximum atomic E-state index is 11.3. The van der Waals surface area contributed by atoms with Crippen LogP contribution in [0.2, 0.25) is 0 Å². The molecule has 2 rings (SSSR count). The summed E-state index contributed by atoms with van der Waals surface area (Å²) in [5.74, 6) is -0.825. The minimum Gasteiger partial charge on any atom is -0.481 e. The van der Waals surface area contributed by atoms with E-state index in [0.717, 1.165) is 0 Å². The monoisotopic (exact) mass is 214 g/mol. The molecule has 5 nitrogen and oxygen atoms in total. The van der Waals surface area contributed by atoms with Crippen molar-refractivity contribution < 1.29 is 14.6 Å². The largest absolute Gasteiger partial charge is 0.481 e. The first-order chi connectivity index (χ1) is 6.76. The highest BCUT2D eigenvalue weighted by molar-refractivity contribution is 7.03. The van der Waals surface area contributed by atoms with E-state index < -0.39 is 11.4 Å². The van der Waals surface area contributed by atoms with Crippen molar-refractivity contribution in [3.05, 3.63) is 11.1 Å². The molecule has 6 heteroatoms. The third-order valence-corrected chi connectivity index (χ3v) is 3.11. The fourth-order valence-electron chi connectivity index (χ4n) is 1.67. The number of ether oxygens (including phenoxy) is 1. The van der Waals surface area contributed by atoms with Crippen molar-refractivity contribution in [3.63, 3.8) is 0 Å². The molecule has 1 aromatic rings. The van der Waals surface area contributed by atoms with Crippen molar-refractivity contribution in [1.82, 2.24) is 9.59 Å². The topological polar surface area (TPSA) is 72.3 Å². The van der Waals surface area contributed by atoms with Gasteiger partial charge in [-0.1, -0.05) is 4.49 Å². The summed E-state index contributed by atoms with van der Waals surface area (Å²) in [5, 5.41) is 14.8. The molecule has 14 heavy (non-hydrogen) atoms. The van der Waals surface area contributed by atoms with Crippen molar-refractivity contribution in [2.75, 3.05) is 13.2 Å². The zero-order valence-corrected chi connectivity index (χ0v) is 8.29. The molecule has 0 radical (unpaired) electrons. The molecular formula is C8H10N2O3S. The number of aromatic nitrogens is 2. The first-order valence-corrected chi connectivity index (χ1v) is 5.18. The van der Waals surface area contributed by atoms with Crippen molar-refractivity contribution in [2.24, 2.45) is 0 Å². The molecule has 1 aliphatic heterocycles. The first kappa shape index (κ1) is 9.54. The van der Waals surface area contributed by atoms with Crippen LogP contribution in [0.3, 0.4) is 0 Å². The van der Waals surface area contributed by atoms with Gasteiger partial charge in [0.1, 0.15) is 5.41 Å². The average Bonchev–Trinajstić information content (AvgIpc) is 2.72. The summed E-state index contributed by atoms with van der Waals surface area (Å²) < 4.78 is 8.88. The summed E-state index contributed by atoms with van der Waals surface area (Å²) in [6.45, 7) is 0.952. The van der Waals surface area contributed by atoms with Crippen LogP contribution < -0.4 is 0 Å². The van der Waals surface area contributed by atoms with Gasteiger partial charge in [0.25, 0.3) is 0 Å². The Bertz CT molecular complexity index is 319. The Hall–Kier alpha value is -1.01. The number of rotatable bonds is 2. The highest BCUT2D eigenvalue weighted by Gasteiger charge is 2.43. The zero-order chi connectivity index (χ0) is 10.0. The van der Waals surface area contributed by atoms with Crippen LogP contribution in [0.25, 0.3) is 0 Å². The van der Waals surface area contributed by atoms with E-state index in [1.165, 1.54) is 11.5 Å². The number of carbonyl (C=O) groups is 1. The predicted molar refractivity (Wildman–Crippen MR) is 49.3 cm³/mol. The van der Waals surface area contributed by atoms with Crippen LogP contribution in [0.15, 0.2) is 5.38 Å². The molecule has 2 heterocycles. The molecule has 0 bridgehead atoms. The van der Waals surface area contributed by atoms with Gasteiger partial charge in [0.05, 0.1) is 5.69 Å². The van der Waals surface area contributed by atoms with Crippen LogP contribution >= 0.6 is 11.5 Å². The lowest BCUT2D eigenvalue weighted by molar-refractivity contribution is -0.148. The Kier molecular flexibility index (Phi) is 2.47. The van der Waals surface area contributed by atoms with Crippen molar-refractivity contribution in [3.8, 4) is 0 Å². The molecule has 0 aliphatic carbocycles. The van der Waals surface area contributed by atoms with E-state index in [1.807, 2.05) is 0 Å². The van der Waals surface area contributed by atoms with Crippen molar-refractivity contribution in [2.45, 2.75) is 18.3 Å². The molecule has 0 amide bonds. The molecule has 1 aromatic heterocycles. The van der Waals surface area contributed by atoms with E-state index in [-0.39, 0.29) is 0 Å². The standard InChI is InChI=1S/C8H10N2O3S/c11-7(12)8(1-3-13-4-2-8)6-5-14-10-9-6/h5H,1-4H2,(H,11,12). The SMILES string of the molecule is O=C(O)C1(c2csnn2)CCOCC1. The van der Waals surface area contributed by atoms with E-state index in [9.17, 15) is 9.90 Å². The van der Waals surface area contributed by atoms with Crippen molar-refractivity contribution in [1.29, 1.82) is 0 Å². The van der Waals surface area contributed by atoms with Gasteiger partial charge in [-0.05, 0) is 24.4 Å². The average molecular weight is 214 g/mol. The van der Waals surface area contributed by atoms with E-state index in [2.05, 4.69) is 9.59 Å². The number of aliphatic carboxylic acids is 1. The minimum absolute atomic E-state index is 0.476. The van der Waals surface area contributed by atoms with Gasteiger partial charge in [0.15, 0.2) is 0 Å². The lowest BCUT2D eigenvalue weighted by atomic mass is 9.78.